The van der Waals surface area contributed by atoms with E-state index < -0.39 is 0 Å². The molecular weight excluding hydrogens is 140 g/mol. The third-order valence-corrected chi connectivity index (χ3v) is 1.68. The van der Waals surface area contributed by atoms with Crippen molar-refractivity contribution in [3.8, 4) is 0 Å². The molecule has 0 aromatic rings. The van der Waals surface area contributed by atoms with Crippen molar-refractivity contribution in [3.05, 3.63) is 0 Å². The second-order valence-electron chi connectivity index (χ2n) is 3.24. The number of carbonyl (C=O) groups excluding carboxylic acids is 1. The number of amides is 1. The van der Waals surface area contributed by atoms with Crippen LogP contribution in [0.1, 0.15) is 13.8 Å². The highest BCUT2D eigenvalue weighted by molar-refractivity contribution is 5.81. The van der Waals surface area contributed by atoms with E-state index in [1.165, 1.54) is 0 Å². The van der Waals surface area contributed by atoms with Crippen LogP contribution >= 0.6 is 0 Å². The van der Waals surface area contributed by atoms with Gasteiger partial charge in [-0.25, -0.2) is 0 Å². The molecule has 1 N–H and O–H groups in total. The van der Waals surface area contributed by atoms with Gasteiger partial charge in [0.2, 0.25) is 5.91 Å². The van der Waals surface area contributed by atoms with Crippen LogP contribution in [0.5, 0.6) is 0 Å². The van der Waals surface area contributed by atoms with Crippen molar-refractivity contribution < 1.29 is 4.79 Å². The predicted molar refractivity (Wildman–Crippen MR) is 46.4 cm³/mol. The first-order valence-corrected chi connectivity index (χ1v) is 3.89. The predicted octanol–water partition coefficient (Wildman–Crippen LogP) is 0.319. The molecule has 0 bridgehead atoms. The molecule has 0 spiro atoms. The molecule has 0 aromatic heterocycles. The van der Waals surface area contributed by atoms with Crippen LogP contribution in [-0.2, 0) is 4.79 Å². The number of likely N-dealkylation sites (N-methyl/N-ethyl adjacent to an activating group) is 2. The van der Waals surface area contributed by atoms with Crippen LogP contribution in [0.4, 0.5) is 0 Å². The highest BCUT2D eigenvalue weighted by Crippen LogP contribution is 2.02. The highest BCUT2D eigenvalue weighted by Gasteiger charge is 2.20. The van der Waals surface area contributed by atoms with Crippen molar-refractivity contribution in [2.45, 2.75) is 19.9 Å². The normalized spacial score (nSPS) is 13.3. The maximum atomic E-state index is 11.4. The van der Waals surface area contributed by atoms with Gasteiger partial charge < -0.3 is 10.2 Å². The van der Waals surface area contributed by atoms with Crippen LogP contribution in [0.15, 0.2) is 0 Å². The molecule has 1 amide bonds. The van der Waals surface area contributed by atoms with E-state index in [0.717, 1.165) is 0 Å². The molecule has 3 nitrogen and oxygen atoms in total. The molecule has 0 aliphatic heterocycles. The lowest BCUT2D eigenvalue weighted by atomic mass is 10.0. The number of hydrogen-bond acceptors (Lipinski definition) is 2. The second-order valence-corrected chi connectivity index (χ2v) is 3.24. The van der Waals surface area contributed by atoms with Gasteiger partial charge >= 0.3 is 0 Å². The van der Waals surface area contributed by atoms with Gasteiger partial charge in [-0.2, -0.15) is 0 Å². The third-order valence-electron chi connectivity index (χ3n) is 1.68. The number of hydrogen-bond donors (Lipinski definition) is 1. The van der Waals surface area contributed by atoms with Gasteiger partial charge in [0.25, 0.3) is 0 Å². The van der Waals surface area contributed by atoms with E-state index in [2.05, 4.69) is 5.32 Å². The Morgan fingerprint density at radius 1 is 1.36 bits per heavy atom. The van der Waals surface area contributed by atoms with Gasteiger partial charge in [0.05, 0.1) is 6.04 Å². The number of rotatable bonds is 3. The second kappa shape index (κ2) is 4.34. The van der Waals surface area contributed by atoms with Crippen LogP contribution < -0.4 is 5.32 Å². The van der Waals surface area contributed by atoms with Gasteiger partial charge in [-0.05, 0) is 13.0 Å². The summed E-state index contributed by atoms with van der Waals surface area (Å²) in [5.74, 6) is 0.484. The summed E-state index contributed by atoms with van der Waals surface area (Å²) in [6.45, 7) is 4.06. The van der Waals surface area contributed by atoms with Crippen molar-refractivity contribution in [2.75, 3.05) is 21.1 Å². The first-order valence-electron chi connectivity index (χ1n) is 3.89. The van der Waals surface area contributed by atoms with Crippen LogP contribution in [0, 0.1) is 5.92 Å². The molecule has 0 fully saturated rings. The molecule has 0 aliphatic carbocycles. The van der Waals surface area contributed by atoms with Gasteiger partial charge in [-0.3, -0.25) is 4.79 Å². The lowest BCUT2D eigenvalue weighted by Crippen LogP contribution is -2.45. The summed E-state index contributed by atoms with van der Waals surface area (Å²) in [5.41, 5.74) is 0. The van der Waals surface area contributed by atoms with E-state index in [-0.39, 0.29) is 11.9 Å². The van der Waals surface area contributed by atoms with E-state index in [4.69, 9.17) is 0 Å². The van der Waals surface area contributed by atoms with Crippen molar-refractivity contribution in [1.82, 2.24) is 10.2 Å². The van der Waals surface area contributed by atoms with Crippen molar-refractivity contribution in [3.63, 3.8) is 0 Å². The van der Waals surface area contributed by atoms with Crippen LogP contribution in [0.25, 0.3) is 0 Å². The van der Waals surface area contributed by atoms with Crippen LogP contribution in [0.3, 0.4) is 0 Å². The molecule has 0 unspecified atom stereocenters. The largest absolute Gasteiger partial charge is 0.347 e. The summed E-state index contributed by atoms with van der Waals surface area (Å²) < 4.78 is 0. The highest BCUT2D eigenvalue weighted by atomic mass is 16.2. The Balaban J connectivity index is 4.15. The molecule has 0 aliphatic rings. The first-order chi connectivity index (χ1) is 5.00. The monoisotopic (exact) mass is 158 g/mol. The molecule has 0 heterocycles. The fourth-order valence-electron chi connectivity index (χ4n) is 1.02. The van der Waals surface area contributed by atoms with Gasteiger partial charge in [0.15, 0.2) is 0 Å². The lowest BCUT2D eigenvalue weighted by Gasteiger charge is -2.22. The molecule has 0 rings (SSSR count). The summed E-state index contributed by atoms with van der Waals surface area (Å²) in [5, 5.41) is 2.99. The number of nitrogens with zero attached hydrogens (tertiary/aromatic N) is 1. The fourth-order valence-corrected chi connectivity index (χ4v) is 1.02. The molecular formula is C8H18N2O. The molecule has 0 aromatic carbocycles. The van der Waals surface area contributed by atoms with E-state index >= 15 is 0 Å². The van der Waals surface area contributed by atoms with Crippen molar-refractivity contribution in [2.24, 2.45) is 5.92 Å². The standard InChI is InChI=1S/C8H18N2O/c1-6(2)7(9-3)8(11)10(4)5/h6-7,9H,1-5H3/t7-/m0/s1. The summed E-state index contributed by atoms with van der Waals surface area (Å²) >= 11 is 0. The van der Waals surface area contributed by atoms with Gasteiger partial charge in [-0.15, -0.1) is 0 Å². The van der Waals surface area contributed by atoms with E-state index in [1.807, 2.05) is 20.9 Å². The Bertz CT molecular complexity index is 132. The molecule has 66 valence electrons. The Morgan fingerprint density at radius 2 is 1.82 bits per heavy atom. The van der Waals surface area contributed by atoms with Crippen LogP contribution in [0.2, 0.25) is 0 Å². The minimum atomic E-state index is -0.0509. The lowest BCUT2D eigenvalue weighted by molar-refractivity contribution is -0.131. The van der Waals surface area contributed by atoms with Gasteiger partial charge in [0.1, 0.15) is 0 Å². The Morgan fingerprint density at radius 3 is 1.91 bits per heavy atom. The summed E-state index contributed by atoms with van der Waals surface area (Å²) in [7, 11) is 5.36. The molecule has 3 heteroatoms. The average molecular weight is 158 g/mol. The zero-order chi connectivity index (χ0) is 9.02. The van der Waals surface area contributed by atoms with E-state index in [1.54, 1.807) is 19.0 Å². The topological polar surface area (TPSA) is 32.3 Å². The Hall–Kier alpha value is -0.570. The number of carbonyl (C=O) groups is 1. The summed E-state index contributed by atoms with van der Waals surface area (Å²) in [4.78, 5) is 13.0. The maximum Gasteiger partial charge on any atom is 0.239 e. The molecule has 11 heavy (non-hydrogen) atoms. The zero-order valence-electron chi connectivity index (χ0n) is 8.01. The quantitative estimate of drug-likeness (QED) is 0.641. The zero-order valence-corrected chi connectivity index (χ0v) is 8.01. The smallest absolute Gasteiger partial charge is 0.239 e. The van der Waals surface area contributed by atoms with Crippen molar-refractivity contribution >= 4 is 5.91 Å². The first kappa shape index (κ1) is 10.4. The van der Waals surface area contributed by atoms with Gasteiger partial charge in [-0.1, -0.05) is 13.8 Å². The molecule has 1 atom stereocenters. The molecule has 0 saturated carbocycles. The minimum absolute atomic E-state index is 0.0509. The number of nitrogens with one attached hydrogen (secondary N) is 1. The Labute approximate surface area is 68.8 Å². The Kier molecular flexibility index (Phi) is 4.11. The van der Waals surface area contributed by atoms with Crippen LogP contribution in [-0.4, -0.2) is 38.0 Å². The summed E-state index contributed by atoms with van der Waals surface area (Å²) in [6.07, 6.45) is 0. The van der Waals surface area contributed by atoms with E-state index in [9.17, 15) is 4.79 Å². The van der Waals surface area contributed by atoms with E-state index in [0.29, 0.717) is 5.92 Å². The molecule has 0 radical (unpaired) electrons. The van der Waals surface area contributed by atoms with Gasteiger partial charge in [0, 0.05) is 14.1 Å². The maximum absolute atomic E-state index is 11.4. The summed E-state index contributed by atoms with van der Waals surface area (Å²) in [6, 6.07) is -0.0509. The van der Waals surface area contributed by atoms with Crippen molar-refractivity contribution in [1.29, 1.82) is 0 Å². The SMILES string of the molecule is CN[C@H](C(=O)N(C)C)C(C)C. The third kappa shape index (κ3) is 2.89. The molecule has 0 saturated heterocycles. The average Bonchev–Trinajstić information content (AvgIpc) is 1.88. The minimum Gasteiger partial charge on any atom is -0.347 e. The fraction of sp³-hybridized carbons (Fsp3) is 0.875.